The molecule has 0 saturated heterocycles. The standard InChI is InChI=1S/C41H34Cl2N3S2/c1-3-44-35-27-31(42)23-25-37(35)47-39(44)19-11-13-29-21-22-30(14-12-20-40-45(4-2)36-28-32(43)24-26-38(36)48-40)41(29)46(33-15-7-5-8-16-33)34-17-9-6-10-18-34/h5-28H,3-4H2,1-2H3/q+1. The van der Waals surface area contributed by atoms with Crippen LogP contribution in [-0.4, -0.2) is 6.54 Å². The van der Waals surface area contributed by atoms with Gasteiger partial charge in [0, 0.05) is 45.0 Å². The average Bonchev–Trinajstić information content (AvgIpc) is 3.78. The third-order valence-electron chi connectivity index (χ3n) is 8.29. The summed E-state index contributed by atoms with van der Waals surface area (Å²) >= 11 is 16.3. The van der Waals surface area contributed by atoms with Gasteiger partial charge in [0.15, 0.2) is 0 Å². The minimum Gasteiger partial charge on any atom is -0.335 e. The lowest BCUT2D eigenvalue weighted by Crippen LogP contribution is -2.33. The molecule has 0 unspecified atom stereocenters. The van der Waals surface area contributed by atoms with Crippen LogP contribution in [0, 0.1) is 0 Å². The number of aryl methyl sites for hydroxylation is 1. The van der Waals surface area contributed by atoms with E-state index in [1.54, 1.807) is 23.1 Å². The maximum absolute atomic E-state index is 6.35. The van der Waals surface area contributed by atoms with Crippen LogP contribution in [0.2, 0.25) is 10.0 Å². The van der Waals surface area contributed by atoms with Crippen molar-refractivity contribution in [1.82, 2.24) is 0 Å². The summed E-state index contributed by atoms with van der Waals surface area (Å²) < 4.78 is 3.54. The average molecular weight is 704 g/mol. The fourth-order valence-electron chi connectivity index (χ4n) is 6.11. The van der Waals surface area contributed by atoms with Crippen molar-refractivity contribution < 1.29 is 4.57 Å². The zero-order valence-electron chi connectivity index (χ0n) is 26.7. The third kappa shape index (κ3) is 6.56. The van der Waals surface area contributed by atoms with Gasteiger partial charge in [0.1, 0.15) is 11.2 Å². The van der Waals surface area contributed by atoms with E-state index in [1.165, 1.54) is 19.6 Å². The second-order valence-electron chi connectivity index (χ2n) is 11.2. The molecule has 4 aromatic carbocycles. The Balaban J connectivity index is 1.29. The zero-order valence-corrected chi connectivity index (χ0v) is 29.8. The van der Waals surface area contributed by atoms with E-state index in [1.807, 2.05) is 12.1 Å². The van der Waals surface area contributed by atoms with Crippen molar-refractivity contribution in [3.05, 3.63) is 177 Å². The molecule has 0 saturated carbocycles. The second kappa shape index (κ2) is 14.5. The highest BCUT2D eigenvalue weighted by Gasteiger charge is 2.25. The number of fused-ring (bicyclic) bond motifs is 2. The third-order valence-corrected chi connectivity index (χ3v) is 11.0. The van der Waals surface area contributed by atoms with Crippen LogP contribution in [0.5, 0.6) is 0 Å². The molecule has 0 radical (unpaired) electrons. The first-order valence-corrected chi connectivity index (χ1v) is 18.4. The SMILES string of the molecule is CCN1C(=CC=CC2=C(N(c3ccccc3)c3ccccc3)C(=CC=Cc3sc4ccc(Cl)cc4[n+]3CC)C=C2)Sc2ccc(Cl)cc21. The number of para-hydroxylation sites is 2. The lowest BCUT2D eigenvalue weighted by atomic mass is 10.1. The van der Waals surface area contributed by atoms with Crippen molar-refractivity contribution >= 4 is 79.7 Å². The summed E-state index contributed by atoms with van der Waals surface area (Å²) in [7, 11) is 0. The Hall–Kier alpha value is -4.26. The van der Waals surface area contributed by atoms with Crippen LogP contribution in [0.4, 0.5) is 17.1 Å². The van der Waals surface area contributed by atoms with Gasteiger partial charge in [0.2, 0.25) is 5.52 Å². The highest BCUT2D eigenvalue weighted by molar-refractivity contribution is 8.03. The molecule has 48 heavy (non-hydrogen) atoms. The van der Waals surface area contributed by atoms with Crippen molar-refractivity contribution in [2.45, 2.75) is 25.3 Å². The van der Waals surface area contributed by atoms with Crippen molar-refractivity contribution in [3.8, 4) is 0 Å². The van der Waals surface area contributed by atoms with E-state index in [4.69, 9.17) is 23.2 Å². The molecule has 1 aliphatic heterocycles. The molecule has 0 bridgehead atoms. The molecule has 2 aliphatic rings. The van der Waals surface area contributed by atoms with E-state index in [9.17, 15) is 0 Å². The Kier molecular flexibility index (Phi) is 9.73. The first-order chi connectivity index (χ1) is 23.5. The molecular weight excluding hydrogens is 670 g/mol. The number of hydrogen-bond acceptors (Lipinski definition) is 4. The molecule has 0 fully saturated rings. The van der Waals surface area contributed by atoms with E-state index in [-0.39, 0.29) is 0 Å². The molecule has 0 amide bonds. The molecule has 0 spiro atoms. The molecule has 0 atom stereocenters. The number of hydrogen-bond donors (Lipinski definition) is 0. The number of rotatable bonds is 9. The number of nitrogens with zero attached hydrogens (tertiary/aromatic N) is 3. The Morgan fingerprint density at radius 2 is 1.46 bits per heavy atom. The van der Waals surface area contributed by atoms with Crippen molar-refractivity contribution in [2.75, 3.05) is 16.3 Å². The van der Waals surface area contributed by atoms with Crippen LogP contribution >= 0.6 is 46.3 Å². The molecule has 0 N–H and O–H groups in total. The number of allylic oxidation sites excluding steroid dienone is 8. The Bertz CT molecular complexity index is 2120. The quantitative estimate of drug-likeness (QED) is 0.142. The van der Waals surface area contributed by atoms with Gasteiger partial charge in [-0.1, -0.05) is 119 Å². The number of thiazole rings is 1. The molecule has 3 nitrogen and oxygen atoms in total. The molecule has 5 aromatic rings. The fraction of sp³-hybridized carbons (Fsp3) is 0.0976. The molecule has 1 aliphatic carbocycles. The summed E-state index contributed by atoms with van der Waals surface area (Å²) in [6.07, 6.45) is 17.6. The smallest absolute Gasteiger partial charge is 0.262 e. The van der Waals surface area contributed by atoms with Gasteiger partial charge in [-0.15, -0.1) is 0 Å². The van der Waals surface area contributed by atoms with Crippen LogP contribution in [0.1, 0.15) is 18.9 Å². The number of thioether (sulfide) groups is 1. The van der Waals surface area contributed by atoms with Gasteiger partial charge < -0.3 is 9.80 Å². The Morgan fingerprint density at radius 1 is 0.771 bits per heavy atom. The van der Waals surface area contributed by atoms with Gasteiger partial charge in [0.25, 0.3) is 5.01 Å². The minimum atomic E-state index is 0.757. The monoisotopic (exact) mass is 702 g/mol. The van der Waals surface area contributed by atoms with E-state index in [0.717, 1.165) is 62.6 Å². The number of anilines is 3. The second-order valence-corrected chi connectivity index (χ2v) is 14.2. The summed E-state index contributed by atoms with van der Waals surface area (Å²) in [6, 6.07) is 33.4. The van der Waals surface area contributed by atoms with Gasteiger partial charge in [-0.05, 0) is 85.7 Å². The Labute approximate surface area is 300 Å². The maximum atomic E-state index is 6.35. The molecule has 2 heterocycles. The summed E-state index contributed by atoms with van der Waals surface area (Å²) in [6.45, 7) is 6.08. The summed E-state index contributed by atoms with van der Waals surface area (Å²) in [5.74, 6) is 0. The molecule has 7 rings (SSSR count). The number of benzene rings is 4. The highest BCUT2D eigenvalue weighted by Crippen LogP contribution is 2.47. The predicted molar refractivity (Wildman–Crippen MR) is 209 cm³/mol. The van der Waals surface area contributed by atoms with Gasteiger partial charge in [-0.2, -0.15) is 4.57 Å². The van der Waals surface area contributed by atoms with E-state index in [0.29, 0.717) is 0 Å². The van der Waals surface area contributed by atoms with E-state index in [2.05, 4.69) is 162 Å². The summed E-state index contributed by atoms with van der Waals surface area (Å²) in [4.78, 5) is 5.89. The normalized spacial score (nSPS) is 16.1. The Morgan fingerprint density at radius 3 is 2.17 bits per heavy atom. The van der Waals surface area contributed by atoms with E-state index >= 15 is 0 Å². The molecule has 1 aromatic heterocycles. The fourth-order valence-corrected chi connectivity index (χ4v) is 8.68. The summed E-state index contributed by atoms with van der Waals surface area (Å²) in [5.41, 5.74) is 7.91. The topological polar surface area (TPSA) is 10.4 Å². The highest BCUT2D eigenvalue weighted by atomic mass is 35.5. The molecule has 238 valence electrons. The van der Waals surface area contributed by atoms with Gasteiger partial charge in [0.05, 0.1) is 16.4 Å². The number of aromatic nitrogens is 1. The molecule has 7 heteroatoms. The van der Waals surface area contributed by atoms with Crippen molar-refractivity contribution in [2.24, 2.45) is 0 Å². The lowest BCUT2D eigenvalue weighted by Gasteiger charge is -2.28. The first kappa shape index (κ1) is 32.3. The first-order valence-electron chi connectivity index (χ1n) is 16.0. The zero-order chi connectivity index (χ0) is 33.0. The van der Waals surface area contributed by atoms with Crippen LogP contribution in [0.3, 0.4) is 0 Å². The van der Waals surface area contributed by atoms with Crippen LogP contribution in [0.25, 0.3) is 16.3 Å². The maximum Gasteiger partial charge on any atom is 0.262 e. The van der Waals surface area contributed by atoms with Crippen LogP contribution in [-0.2, 0) is 6.54 Å². The van der Waals surface area contributed by atoms with Crippen LogP contribution < -0.4 is 14.4 Å². The number of halogens is 2. The van der Waals surface area contributed by atoms with Crippen molar-refractivity contribution in [1.29, 1.82) is 0 Å². The molecular formula is C41H34Cl2N3S2+. The minimum absolute atomic E-state index is 0.757. The van der Waals surface area contributed by atoms with Crippen LogP contribution in [0.15, 0.2) is 166 Å². The van der Waals surface area contributed by atoms with E-state index < -0.39 is 0 Å². The summed E-state index contributed by atoms with van der Waals surface area (Å²) in [5, 5.41) is 3.88. The lowest BCUT2D eigenvalue weighted by molar-refractivity contribution is -0.665. The van der Waals surface area contributed by atoms with Gasteiger partial charge in [-0.25, -0.2) is 0 Å². The predicted octanol–water partition coefficient (Wildman–Crippen LogP) is 12.1. The van der Waals surface area contributed by atoms with Gasteiger partial charge in [-0.3, -0.25) is 0 Å². The van der Waals surface area contributed by atoms with Crippen molar-refractivity contribution in [3.63, 3.8) is 0 Å². The largest absolute Gasteiger partial charge is 0.335 e. The van der Waals surface area contributed by atoms with Gasteiger partial charge >= 0.3 is 0 Å².